The Labute approximate surface area is 131 Å². The van der Waals surface area contributed by atoms with Gasteiger partial charge in [0.15, 0.2) is 5.84 Å². The van der Waals surface area contributed by atoms with Crippen LogP contribution < -0.4 is 5.73 Å². The van der Waals surface area contributed by atoms with E-state index in [1.807, 2.05) is 11.2 Å². The molecule has 1 amide bonds. The van der Waals surface area contributed by atoms with Gasteiger partial charge in [0.05, 0.1) is 4.75 Å². The van der Waals surface area contributed by atoms with Crippen molar-refractivity contribution in [3.05, 3.63) is 0 Å². The average molecular weight is 313 g/mol. The van der Waals surface area contributed by atoms with Gasteiger partial charge in [0.2, 0.25) is 5.91 Å². The van der Waals surface area contributed by atoms with E-state index in [0.717, 1.165) is 25.7 Å². The average Bonchev–Trinajstić information content (AvgIpc) is 2.82. The van der Waals surface area contributed by atoms with Crippen molar-refractivity contribution in [2.24, 2.45) is 16.8 Å². The Hall–Kier alpha value is -0.910. The van der Waals surface area contributed by atoms with E-state index >= 15 is 0 Å². The van der Waals surface area contributed by atoms with E-state index in [1.54, 1.807) is 11.8 Å². The number of amidine groups is 1. The molecule has 1 heterocycles. The zero-order chi connectivity index (χ0) is 15.3. The molecule has 2 fully saturated rings. The maximum atomic E-state index is 12.7. The molecule has 0 aromatic heterocycles. The number of thioether (sulfide) groups is 1. The van der Waals surface area contributed by atoms with Crippen LogP contribution in [-0.2, 0) is 4.79 Å². The number of hydrogen-bond acceptors (Lipinski definition) is 4. The van der Waals surface area contributed by atoms with Crippen LogP contribution in [0.1, 0.15) is 51.4 Å². The second-order valence-electron chi connectivity index (χ2n) is 6.20. The molecule has 21 heavy (non-hydrogen) atoms. The molecular formula is C15H27N3O2S. The SMILES string of the molecule is CSC1(C(N)=NO)CCN(C(=O)C2CCCCCC2)CC1. The first-order valence-electron chi connectivity index (χ1n) is 7.95. The number of piperidine rings is 1. The van der Waals surface area contributed by atoms with Crippen molar-refractivity contribution in [1.82, 2.24) is 4.90 Å². The minimum atomic E-state index is -0.311. The lowest BCUT2D eigenvalue weighted by atomic mass is 9.92. The number of carbonyl (C=O) groups is 1. The summed E-state index contributed by atoms with van der Waals surface area (Å²) in [5.74, 6) is 0.834. The lowest BCUT2D eigenvalue weighted by Crippen LogP contribution is -2.52. The maximum absolute atomic E-state index is 12.7. The summed E-state index contributed by atoms with van der Waals surface area (Å²) in [4.78, 5) is 14.6. The van der Waals surface area contributed by atoms with E-state index < -0.39 is 0 Å². The lowest BCUT2D eigenvalue weighted by molar-refractivity contribution is -0.137. The van der Waals surface area contributed by atoms with Gasteiger partial charge >= 0.3 is 0 Å². The largest absolute Gasteiger partial charge is 0.409 e. The van der Waals surface area contributed by atoms with Crippen LogP contribution in [-0.4, -0.2) is 45.9 Å². The standard InChI is InChI=1S/C15H27N3O2S/c1-21-15(14(16)17-20)8-10-18(11-9-15)13(19)12-6-4-2-3-5-7-12/h12,20H,2-11H2,1H3,(H2,16,17). The number of carbonyl (C=O) groups excluding carboxylic acids is 1. The summed E-state index contributed by atoms with van der Waals surface area (Å²) >= 11 is 1.62. The highest BCUT2D eigenvalue weighted by Crippen LogP contribution is 2.36. The van der Waals surface area contributed by atoms with Gasteiger partial charge in [0.25, 0.3) is 0 Å². The Morgan fingerprint density at radius 1 is 1.24 bits per heavy atom. The summed E-state index contributed by atoms with van der Waals surface area (Å²) in [6, 6.07) is 0. The van der Waals surface area contributed by atoms with E-state index in [-0.39, 0.29) is 16.5 Å². The molecule has 1 aliphatic carbocycles. The van der Waals surface area contributed by atoms with Crippen LogP contribution in [0.3, 0.4) is 0 Å². The molecule has 0 aromatic carbocycles. The Kier molecular flexibility index (Phi) is 5.79. The quantitative estimate of drug-likeness (QED) is 0.276. The predicted molar refractivity (Wildman–Crippen MR) is 86.7 cm³/mol. The summed E-state index contributed by atoms with van der Waals surface area (Å²) < 4.78 is -0.311. The lowest BCUT2D eigenvalue weighted by Gasteiger charge is -2.40. The van der Waals surface area contributed by atoms with Crippen LogP contribution in [0, 0.1) is 5.92 Å². The van der Waals surface area contributed by atoms with Crippen LogP contribution in [0.15, 0.2) is 5.16 Å². The van der Waals surface area contributed by atoms with Gasteiger partial charge in [-0.15, -0.1) is 0 Å². The third-order valence-corrected chi connectivity index (χ3v) is 6.45. The van der Waals surface area contributed by atoms with E-state index in [4.69, 9.17) is 10.9 Å². The van der Waals surface area contributed by atoms with E-state index in [0.29, 0.717) is 19.0 Å². The molecule has 3 N–H and O–H groups in total. The van der Waals surface area contributed by atoms with Gasteiger partial charge in [-0.3, -0.25) is 4.79 Å². The van der Waals surface area contributed by atoms with E-state index in [2.05, 4.69) is 5.16 Å². The van der Waals surface area contributed by atoms with Crippen molar-refractivity contribution < 1.29 is 10.0 Å². The first-order valence-corrected chi connectivity index (χ1v) is 9.17. The fourth-order valence-corrected chi connectivity index (χ4v) is 4.37. The Morgan fingerprint density at radius 3 is 2.29 bits per heavy atom. The molecule has 2 rings (SSSR count). The van der Waals surface area contributed by atoms with Crippen LogP contribution in [0.5, 0.6) is 0 Å². The van der Waals surface area contributed by atoms with Crippen molar-refractivity contribution in [2.45, 2.75) is 56.1 Å². The molecular weight excluding hydrogens is 286 g/mol. The topological polar surface area (TPSA) is 78.9 Å². The molecule has 0 radical (unpaired) electrons. The predicted octanol–water partition coefficient (Wildman–Crippen LogP) is 2.43. The second-order valence-corrected chi connectivity index (χ2v) is 7.39. The number of hydrogen-bond donors (Lipinski definition) is 2. The Morgan fingerprint density at radius 2 is 1.81 bits per heavy atom. The zero-order valence-electron chi connectivity index (χ0n) is 12.9. The number of nitrogens with two attached hydrogens (primary N) is 1. The number of likely N-dealkylation sites (tertiary alicyclic amines) is 1. The van der Waals surface area contributed by atoms with Crippen molar-refractivity contribution in [2.75, 3.05) is 19.3 Å². The fraction of sp³-hybridized carbons (Fsp3) is 0.867. The van der Waals surface area contributed by atoms with Gasteiger partial charge in [-0.25, -0.2) is 0 Å². The van der Waals surface area contributed by atoms with Gasteiger partial charge in [0.1, 0.15) is 0 Å². The number of rotatable bonds is 3. The molecule has 2 aliphatic rings. The fourth-order valence-electron chi connectivity index (χ4n) is 3.53. The molecule has 1 saturated carbocycles. The zero-order valence-corrected chi connectivity index (χ0v) is 13.7. The molecule has 0 unspecified atom stereocenters. The molecule has 5 nitrogen and oxygen atoms in total. The molecule has 6 heteroatoms. The van der Waals surface area contributed by atoms with Crippen molar-refractivity contribution in [3.8, 4) is 0 Å². The van der Waals surface area contributed by atoms with Crippen molar-refractivity contribution in [1.29, 1.82) is 0 Å². The molecule has 0 bridgehead atoms. The summed E-state index contributed by atoms with van der Waals surface area (Å²) in [6.45, 7) is 1.43. The molecule has 0 aromatic rings. The number of nitrogens with zero attached hydrogens (tertiary/aromatic N) is 2. The number of amides is 1. The third kappa shape index (κ3) is 3.65. The van der Waals surface area contributed by atoms with Crippen molar-refractivity contribution in [3.63, 3.8) is 0 Å². The molecule has 0 atom stereocenters. The Balaban J connectivity index is 1.95. The first-order chi connectivity index (χ1) is 10.1. The van der Waals surface area contributed by atoms with Crippen LogP contribution in [0.25, 0.3) is 0 Å². The van der Waals surface area contributed by atoms with E-state index in [1.165, 1.54) is 25.7 Å². The number of oxime groups is 1. The monoisotopic (exact) mass is 313 g/mol. The minimum Gasteiger partial charge on any atom is -0.409 e. The summed E-state index contributed by atoms with van der Waals surface area (Å²) in [5, 5.41) is 12.2. The van der Waals surface area contributed by atoms with Gasteiger partial charge in [-0.2, -0.15) is 11.8 Å². The van der Waals surface area contributed by atoms with Gasteiger partial charge in [-0.05, 0) is 31.9 Å². The third-order valence-electron chi connectivity index (χ3n) is 5.05. The highest BCUT2D eigenvalue weighted by Gasteiger charge is 2.40. The van der Waals surface area contributed by atoms with Gasteiger partial charge in [0, 0.05) is 19.0 Å². The first kappa shape index (κ1) is 16.5. The van der Waals surface area contributed by atoms with Crippen LogP contribution in [0.2, 0.25) is 0 Å². The maximum Gasteiger partial charge on any atom is 0.225 e. The Bertz CT molecular complexity index is 384. The second kappa shape index (κ2) is 7.38. The van der Waals surface area contributed by atoms with Gasteiger partial charge < -0.3 is 15.8 Å². The highest BCUT2D eigenvalue weighted by molar-refractivity contribution is 8.00. The minimum absolute atomic E-state index is 0.220. The highest BCUT2D eigenvalue weighted by atomic mass is 32.2. The summed E-state index contributed by atoms with van der Waals surface area (Å²) in [6.07, 6.45) is 10.5. The molecule has 1 saturated heterocycles. The molecule has 120 valence electrons. The normalized spacial score (nSPS) is 24.6. The summed E-state index contributed by atoms with van der Waals surface area (Å²) in [7, 11) is 0. The van der Waals surface area contributed by atoms with Crippen LogP contribution >= 0.6 is 11.8 Å². The van der Waals surface area contributed by atoms with Gasteiger partial charge in [-0.1, -0.05) is 30.8 Å². The van der Waals surface area contributed by atoms with Crippen molar-refractivity contribution >= 4 is 23.5 Å². The smallest absolute Gasteiger partial charge is 0.225 e. The van der Waals surface area contributed by atoms with Crippen LogP contribution in [0.4, 0.5) is 0 Å². The molecule has 1 aliphatic heterocycles. The molecule has 0 spiro atoms. The van der Waals surface area contributed by atoms with E-state index in [9.17, 15) is 4.79 Å². The summed E-state index contributed by atoms with van der Waals surface area (Å²) in [5.41, 5.74) is 5.85.